The minimum atomic E-state index is -1.66. The summed E-state index contributed by atoms with van der Waals surface area (Å²) in [6.07, 6.45) is 6.24. The number of benzene rings is 2. The number of hydrogen-bond donors (Lipinski definition) is 4. The topological polar surface area (TPSA) is 313 Å². The number of anilines is 1. The molecule has 6 rings (SSSR count). The van der Waals surface area contributed by atoms with Crippen molar-refractivity contribution in [3.05, 3.63) is 94.1 Å². The molecule has 4 heterocycles. The Bertz CT molecular complexity index is 3210. The molecule has 8 amide bonds. The lowest BCUT2D eigenvalue weighted by Crippen LogP contribution is -2.53. The van der Waals surface area contributed by atoms with Crippen molar-refractivity contribution in [2.24, 2.45) is 23.5 Å². The Kier molecular flexibility index (Phi) is 27.4. The zero-order valence-electron chi connectivity index (χ0n) is 55.7. The van der Waals surface area contributed by atoms with Crippen LogP contribution >= 0.6 is 23.8 Å². The largest absolute Gasteiger partial charge is 0.495 e. The normalized spacial score (nSPS) is 24.0. The number of Topliss-reactive ketones (excluding diaryl/α,β-unsaturated/α-hetero) is 1. The number of allylic oxidation sites excluding steroid dienone is 3. The van der Waals surface area contributed by atoms with Crippen LogP contribution in [0.1, 0.15) is 129 Å². The van der Waals surface area contributed by atoms with Crippen LogP contribution in [0, 0.1) is 17.8 Å². The summed E-state index contributed by atoms with van der Waals surface area (Å²) in [7, 11) is 7.31. The Balaban J connectivity index is 1.03. The average Bonchev–Trinajstić information content (AvgIpc) is 1.58. The van der Waals surface area contributed by atoms with Crippen LogP contribution < -0.4 is 26.0 Å². The summed E-state index contributed by atoms with van der Waals surface area (Å²) in [5, 5.41) is 17.7. The molecule has 94 heavy (non-hydrogen) atoms. The molecule has 26 heteroatoms. The molecule has 2 fully saturated rings. The third-order valence-corrected chi connectivity index (χ3v) is 18.8. The number of likely N-dealkylation sites (N-methyl/N-ethyl adjacent to an activating group) is 1. The first kappa shape index (κ1) is 75.4. The van der Waals surface area contributed by atoms with E-state index in [1.54, 1.807) is 62.4 Å². The van der Waals surface area contributed by atoms with Gasteiger partial charge in [0, 0.05) is 91.1 Å². The van der Waals surface area contributed by atoms with E-state index in [0.717, 1.165) is 24.0 Å². The van der Waals surface area contributed by atoms with Gasteiger partial charge in [-0.3, -0.25) is 38.5 Å². The van der Waals surface area contributed by atoms with Gasteiger partial charge < -0.3 is 64.6 Å². The predicted molar refractivity (Wildman–Crippen MR) is 353 cm³/mol. The maximum atomic E-state index is 14.5. The second-order valence-corrected chi connectivity index (χ2v) is 26.4. The van der Waals surface area contributed by atoms with Crippen molar-refractivity contribution < 1.29 is 81.5 Å². The Labute approximate surface area is 560 Å². The van der Waals surface area contributed by atoms with Crippen LogP contribution in [0.5, 0.6) is 5.75 Å². The molecule has 4 aliphatic rings. The summed E-state index contributed by atoms with van der Waals surface area (Å²) >= 11 is 12.5. The fourth-order valence-corrected chi connectivity index (χ4v) is 12.5. The smallest absolute Gasteiger partial charge is 0.409 e. The van der Waals surface area contributed by atoms with Gasteiger partial charge in [0.25, 0.3) is 11.8 Å². The van der Waals surface area contributed by atoms with Crippen LogP contribution in [0.25, 0.3) is 0 Å². The molecule has 4 bridgehead atoms. The summed E-state index contributed by atoms with van der Waals surface area (Å²) < 4.78 is 35.3. The third-order valence-electron chi connectivity index (χ3n) is 18.0. The molecule has 514 valence electrons. The number of carbonyl (C=O) groups is 10. The fourth-order valence-electron chi connectivity index (χ4n) is 11.8. The van der Waals surface area contributed by atoms with Gasteiger partial charge in [-0.15, -0.1) is 0 Å². The van der Waals surface area contributed by atoms with Gasteiger partial charge in [0.15, 0.2) is 5.78 Å². The van der Waals surface area contributed by atoms with E-state index >= 15 is 0 Å². The Morgan fingerprint density at radius 1 is 0.957 bits per heavy atom. The standard InChI is InChI=1S/C68H92ClN7O17S/c1-40(2)48(35-47(94)18-13-12-14-29-76-57(79)25-26-58(76)80)63(83)72-49(19-16-28-71-65(70)85)51(77)33-44-21-23-45(24-22-44)39-90-66(86)73(7)30-27-56(78)74(8)43(5)64(84)92-55-36-59(81)75(9)50-32-46(34-52(88-10)61(50)69)31-41(3)17-15-20-54(89-11)68(87)37-53(91-60(82)38-68)42(4)62-67(55,6)93-62/h15,17,20-26,32,34,40,42-43,48-49,53-55,62,87H,12-14,16,18-19,27-31,33,35-39H2,1-11H3,(H,72,83)(H3,70,71,85)/b20-15+,41-17+/t42-,43+,48+,49+,53+,54-,55+,62+,67+,68-/m1/s1. The first-order valence-corrected chi connectivity index (χ1v) is 32.6. The number of unbranched alkanes of at least 4 members (excludes halogenated alkanes) is 2. The number of halogens is 1. The van der Waals surface area contributed by atoms with Gasteiger partial charge in [-0.25, -0.2) is 14.4 Å². The lowest BCUT2D eigenvalue weighted by molar-refractivity contribution is -0.187. The molecule has 2 aromatic carbocycles. The Morgan fingerprint density at radius 3 is 2.29 bits per heavy atom. The molecular formula is C68H92ClN7O17S. The second kappa shape index (κ2) is 34.2. The average molecular weight is 1350 g/mol. The Morgan fingerprint density at radius 2 is 1.64 bits per heavy atom. The monoisotopic (exact) mass is 1350 g/mol. The van der Waals surface area contributed by atoms with E-state index < -0.39 is 102 Å². The number of hydrogen-bond acceptors (Lipinski definition) is 18. The minimum Gasteiger partial charge on any atom is -0.495 e. The zero-order chi connectivity index (χ0) is 69.4. The molecule has 0 aliphatic carbocycles. The van der Waals surface area contributed by atoms with E-state index in [1.807, 2.05) is 26.8 Å². The van der Waals surface area contributed by atoms with Crippen LogP contribution in [0.15, 0.2) is 72.4 Å². The summed E-state index contributed by atoms with van der Waals surface area (Å²) in [6.45, 7) is 10.9. The Hall–Kier alpha value is -7.58. The maximum Gasteiger partial charge on any atom is 0.409 e. The van der Waals surface area contributed by atoms with E-state index in [4.69, 9.17) is 58.0 Å². The van der Waals surface area contributed by atoms with Crippen molar-refractivity contribution in [3.63, 3.8) is 0 Å². The summed E-state index contributed by atoms with van der Waals surface area (Å²) in [5.74, 6) is -4.66. The number of nitrogens with zero attached hydrogens (tertiary/aromatic N) is 4. The van der Waals surface area contributed by atoms with Gasteiger partial charge in [-0.1, -0.05) is 99.1 Å². The zero-order valence-corrected chi connectivity index (χ0v) is 57.3. The molecule has 5 N–H and O–H groups in total. The molecule has 24 nitrogen and oxygen atoms in total. The van der Waals surface area contributed by atoms with Crippen LogP contribution in [0.3, 0.4) is 0 Å². The first-order valence-electron chi connectivity index (χ1n) is 31.8. The number of rotatable bonds is 28. The molecule has 0 saturated carbocycles. The number of nitrogens with two attached hydrogens (primary N) is 1. The molecule has 10 atom stereocenters. The number of urea groups is 1. The van der Waals surface area contributed by atoms with Crippen molar-refractivity contribution in [2.45, 2.75) is 179 Å². The van der Waals surface area contributed by atoms with Gasteiger partial charge in [0.05, 0.1) is 37.8 Å². The number of thiocarbonyl (C=S) groups is 1. The number of epoxide rings is 1. The van der Waals surface area contributed by atoms with Crippen molar-refractivity contribution in [2.75, 3.05) is 59.9 Å². The SMILES string of the molecule is COc1cc2cc(c1Cl)N(C)C(=O)C[C@H](OC(=O)[C@H](C)N(C)C(=O)CCN(C)C(=O)OCc1ccc(CC(=O)[C@H](CCCNC(N)=O)NC(=O)[C@@H](CC(=S)CCCCCN3C(=O)C=CC3=O)C(C)C)cc1)[C@]1(C)O[C@H]1[C@H](C)[C@@H]1C[C@@](O)(CC(=O)O1)[C@H](OC)/C=C/C=C(\C)C2. The number of primary amides is 1. The molecule has 0 spiro atoms. The summed E-state index contributed by atoms with van der Waals surface area (Å²) in [5.41, 5.74) is 5.50. The third kappa shape index (κ3) is 20.5. The molecule has 2 saturated heterocycles. The number of nitrogens with one attached hydrogen (secondary N) is 2. The highest BCUT2D eigenvalue weighted by atomic mass is 35.5. The quantitative estimate of drug-likeness (QED) is 0.0167. The molecule has 0 unspecified atom stereocenters. The van der Waals surface area contributed by atoms with Gasteiger partial charge in [-0.2, -0.15) is 0 Å². The first-order chi connectivity index (χ1) is 44.4. The fraction of sp³-hybridized carbons (Fsp3) is 0.574. The highest BCUT2D eigenvalue weighted by Gasteiger charge is 2.64. The number of ketones is 1. The van der Waals surface area contributed by atoms with E-state index in [9.17, 15) is 53.1 Å². The number of ether oxygens (including phenoxy) is 6. The van der Waals surface area contributed by atoms with Crippen molar-refractivity contribution >= 4 is 93.8 Å². The number of methoxy groups -OCH3 is 2. The van der Waals surface area contributed by atoms with E-state index in [1.165, 1.54) is 74.0 Å². The highest BCUT2D eigenvalue weighted by molar-refractivity contribution is 7.80. The molecule has 0 radical (unpaired) electrons. The van der Waals surface area contributed by atoms with Crippen molar-refractivity contribution in [1.82, 2.24) is 25.3 Å². The second-order valence-electron chi connectivity index (χ2n) is 25.5. The van der Waals surface area contributed by atoms with E-state index in [-0.39, 0.29) is 86.2 Å². The number of aliphatic hydroxyl groups is 1. The lowest BCUT2D eigenvalue weighted by Gasteiger charge is -2.41. The van der Waals surface area contributed by atoms with E-state index in [2.05, 4.69) is 10.6 Å². The van der Waals surface area contributed by atoms with Crippen molar-refractivity contribution in [1.29, 1.82) is 0 Å². The highest BCUT2D eigenvalue weighted by Crippen LogP contribution is 2.50. The predicted octanol–water partition coefficient (Wildman–Crippen LogP) is 6.99. The van der Waals surface area contributed by atoms with E-state index in [0.29, 0.717) is 66.1 Å². The molecule has 2 aromatic rings. The van der Waals surface area contributed by atoms with Gasteiger partial charge >= 0.3 is 24.1 Å². The number of esters is 2. The van der Waals surface area contributed by atoms with Crippen LogP contribution in [0.4, 0.5) is 15.3 Å². The summed E-state index contributed by atoms with van der Waals surface area (Å²) in [6, 6.07) is 7.54. The van der Waals surface area contributed by atoms with Gasteiger partial charge in [-0.05, 0) is 105 Å². The van der Waals surface area contributed by atoms with Gasteiger partial charge in [0.2, 0.25) is 17.7 Å². The van der Waals surface area contributed by atoms with Crippen LogP contribution in [0.2, 0.25) is 5.02 Å². The van der Waals surface area contributed by atoms with Crippen molar-refractivity contribution in [3.8, 4) is 5.75 Å². The number of imide groups is 1. The molecular weight excluding hydrogens is 1250 g/mol. The molecule has 4 aliphatic heterocycles. The van der Waals surface area contributed by atoms with Gasteiger partial charge in [0.1, 0.15) is 52.9 Å². The number of carbonyl (C=O) groups excluding carboxylic acids is 10. The van der Waals surface area contributed by atoms with Crippen LogP contribution in [-0.2, 0) is 81.5 Å². The number of amides is 8. The lowest BCUT2D eigenvalue weighted by atomic mass is 9.78. The van der Waals surface area contributed by atoms with Crippen LogP contribution in [-0.4, -0.2) is 187 Å². The summed E-state index contributed by atoms with van der Waals surface area (Å²) in [4.78, 5) is 137. The number of fused-ring (bicyclic) bond motifs is 5. The maximum absolute atomic E-state index is 14.5. The molecule has 0 aromatic heterocycles. The minimum absolute atomic E-state index is 0.0121.